The number of hydrogen-bond donors (Lipinski definition) is 3. The van der Waals surface area contributed by atoms with Crippen molar-refractivity contribution >= 4 is 6.09 Å². The maximum atomic E-state index is 12.2. The van der Waals surface area contributed by atoms with Crippen LogP contribution in [0.1, 0.15) is 31.9 Å². The first-order valence-corrected chi connectivity index (χ1v) is 9.14. The van der Waals surface area contributed by atoms with Crippen LogP contribution in [0, 0.1) is 0 Å². The number of nitrogens with zero attached hydrogens (tertiary/aromatic N) is 1. The fourth-order valence-corrected chi connectivity index (χ4v) is 2.57. The van der Waals surface area contributed by atoms with E-state index in [1.165, 1.54) is 0 Å². The van der Waals surface area contributed by atoms with Gasteiger partial charge in [-0.2, -0.15) is 0 Å². The van der Waals surface area contributed by atoms with Gasteiger partial charge in [0.2, 0.25) is 0 Å². The Bertz CT molecular complexity index is 687. The highest BCUT2D eigenvalue weighted by Crippen LogP contribution is 2.11. The highest BCUT2D eigenvalue weighted by molar-refractivity contribution is 5.68. The van der Waals surface area contributed by atoms with E-state index in [2.05, 4.69) is 15.6 Å². The van der Waals surface area contributed by atoms with E-state index in [1.54, 1.807) is 12.4 Å². The first kappa shape index (κ1) is 20.9. The lowest BCUT2D eigenvalue weighted by atomic mass is 10.0. The quantitative estimate of drug-likeness (QED) is 0.664. The second-order valence-electron chi connectivity index (χ2n) is 7.56. The standard InChI is InChI=1S/C21H29N3O3/c1-21(2,3)24-20(26)27-19(13-16-7-5-4-6-8-16)18(25)15-23-14-17-9-11-22-12-10-17/h4-12,18-19,23,25H,13-15H2,1-3H3,(H,24,26)/t18-,19+/m1/s1. The molecule has 0 fully saturated rings. The number of rotatable bonds is 8. The number of benzene rings is 1. The minimum absolute atomic E-state index is 0.308. The molecule has 0 radical (unpaired) electrons. The third-order valence-corrected chi connectivity index (χ3v) is 3.88. The van der Waals surface area contributed by atoms with Crippen LogP contribution in [0.5, 0.6) is 0 Å². The van der Waals surface area contributed by atoms with Crippen LogP contribution in [-0.2, 0) is 17.7 Å². The van der Waals surface area contributed by atoms with Crippen molar-refractivity contribution in [2.45, 2.75) is 51.5 Å². The number of carbonyl (C=O) groups is 1. The molecular weight excluding hydrogens is 342 g/mol. The van der Waals surface area contributed by atoms with Crippen molar-refractivity contribution in [3.8, 4) is 0 Å². The van der Waals surface area contributed by atoms with E-state index in [-0.39, 0.29) is 0 Å². The molecule has 0 saturated heterocycles. The van der Waals surface area contributed by atoms with Gasteiger partial charge in [-0.1, -0.05) is 30.3 Å². The van der Waals surface area contributed by atoms with Gasteiger partial charge in [0.25, 0.3) is 0 Å². The Kier molecular flexibility index (Phi) is 7.76. The molecule has 0 aliphatic rings. The molecule has 1 aromatic carbocycles. The van der Waals surface area contributed by atoms with Crippen LogP contribution in [0.25, 0.3) is 0 Å². The largest absolute Gasteiger partial charge is 0.443 e. The van der Waals surface area contributed by atoms with Crippen LogP contribution in [0.3, 0.4) is 0 Å². The van der Waals surface area contributed by atoms with Gasteiger partial charge in [0, 0.05) is 37.4 Å². The van der Waals surface area contributed by atoms with Gasteiger partial charge < -0.3 is 20.5 Å². The zero-order valence-corrected chi connectivity index (χ0v) is 16.2. The Morgan fingerprint density at radius 2 is 1.78 bits per heavy atom. The van der Waals surface area contributed by atoms with E-state index < -0.39 is 23.8 Å². The lowest BCUT2D eigenvalue weighted by Crippen LogP contribution is -2.46. The molecule has 0 saturated carbocycles. The number of ether oxygens (including phenoxy) is 1. The van der Waals surface area contributed by atoms with Crippen molar-refractivity contribution in [3.63, 3.8) is 0 Å². The summed E-state index contributed by atoms with van der Waals surface area (Å²) in [6, 6.07) is 13.5. The molecule has 1 amide bonds. The summed E-state index contributed by atoms with van der Waals surface area (Å²) in [5.41, 5.74) is 1.67. The predicted molar refractivity (Wildman–Crippen MR) is 105 cm³/mol. The normalized spacial score (nSPS) is 13.6. The highest BCUT2D eigenvalue weighted by atomic mass is 16.6. The van der Waals surface area contributed by atoms with Crippen molar-refractivity contribution in [1.82, 2.24) is 15.6 Å². The van der Waals surface area contributed by atoms with Gasteiger partial charge in [0.05, 0.1) is 0 Å². The molecule has 146 valence electrons. The van der Waals surface area contributed by atoms with Gasteiger partial charge in [-0.3, -0.25) is 4.98 Å². The zero-order chi connectivity index (χ0) is 19.7. The first-order valence-electron chi connectivity index (χ1n) is 9.14. The summed E-state index contributed by atoms with van der Waals surface area (Å²) in [6.07, 6.45) is 1.88. The van der Waals surface area contributed by atoms with Crippen LogP contribution in [0.4, 0.5) is 4.79 Å². The van der Waals surface area contributed by atoms with Gasteiger partial charge in [0.15, 0.2) is 0 Å². The number of carbonyl (C=O) groups excluding carboxylic acids is 1. The second kappa shape index (κ2) is 10.0. The Balaban J connectivity index is 1.95. The van der Waals surface area contributed by atoms with Crippen molar-refractivity contribution in [2.24, 2.45) is 0 Å². The molecule has 3 N–H and O–H groups in total. The van der Waals surface area contributed by atoms with Crippen LogP contribution < -0.4 is 10.6 Å². The number of nitrogens with one attached hydrogen (secondary N) is 2. The minimum atomic E-state index is -0.835. The minimum Gasteiger partial charge on any atom is -0.443 e. The number of alkyl carbamates (subject to hydrolysis) is 1. The fourth-order valence-electron chi connectivity index (χ4n) is 2.57. The average molecular weight is 371 g/mol. The van der Waals surface area contributed by atoms with Crippen molar-refractivity contribution in [2.75, 3.05) is 6.54 Å². The monoisotopic (exact) mass is 371 g/mol. The molecule has 2 rings (SSSR count). The van der Waals surface area contributed by atoms with Crippen LogP contribution in [0.15, 0.2) is 54.9 Å². The summed E-state index contributed by atoms with van der Waals surface area (Å²) in [5.74, 6) is 0. The molecule has 1 heterocycles. The van der Waals surface area contributed by atoms with E-state index in [0.717, 1.165) is 11.1 Å². The van der Waals surface area contributed by atoms with E-state index in [0.29, 0.717) is 19.5 Å². The van der Waals surface area contributed by atoms with E-state index >= 15 is 0 Å². The van der Waals surface area contributed by atoms with E-state index in [4.69, 9.17) is 4.74 Å². The van der Waals surface area contributed by atoms with Crippen molar-refractivity contribution in [1.29, 1.82) is 0 Å². The molecule has 6 heteroatoms. The Labute approximate surface area is 161 Å². The van der Waals surface area contributed by atoms with Crippen molar-refractivity contribution in [3.05, 3.63) is 66.0 Å². The summed E-state index contributed by atoms with van der Waals surface area (Å²) in [6.45, 7) is 6.56. The SMILES string of the molecule is CC(C)(C)NC(=O)O[C@@H](Cc1ccccc1)[C@H](O)CNCc1ccncc1. The van der Waals surface area contributed by atoms with E-state index in [1.807, 2.05) is 63.2 Å². The van der Waals surface area contributed by atoms with Crippen molar-refractivity contribution < 1.29 is 14.6 Å². The number of hydrogen-bond acceptors (Lipinski definition) is 5. The summed E-state index contributed by atoms with van der Waals surface area (Å²) in [7, 11) is 0. The number of aromatic nitrogens is 1. The summed E-state index contributed by atoms with van der Waals surface area (Å²) in [5, 5.41) is 16.6. The highest BCUT2D eigenvalue weighted by Gasteiger charge is 2.25. The summed E-state index contributed by atoms with van der Waals surface area (Å²) in [4.78, 5) is 16.2. The van der Waals surface area contributed by atoms with E-state index in [9.17, 15) is 9.90 Å². The first-order chi connectivity index (χ1) is 12.8. The molecular formula is C21H29N3O3. The lowest BCUT2D eigenvalue weighted by Gasteiger charge is -2.27. The number of aliphatic hydroxyl groups excluding tert-OH is 1. The number of amides is 1. The molecule has 6 nitrogen and oxygen atoms in total. The molecule has 0 unspecified atom stereocenters. The number of pyridine rings is 1. The average Bonchev–Trinajstić information content (AvgIpc) is 2.61. The molecule has 0 aliphatic heterocycles. The molecule has 1 aromatic heterocycles. The smallest absolute Gasteiger partial charge is 0.407 e. The Morgan fingerprint density at radius 1 is 1.11 bits per heavy atom. The van der Waals surface area contributed by atoms with Gasteiger partial charge >= 0.3 is 6.09 Å². The Morgan fingerprint density at radius 3 is 2.41 bits per heavy atom. The molecule has 0 spiro atoms. The topological polar surface area (TPSA) is 83.5 Å². The number of aliphatic hydroxyl groups is 1. The molecule has 0 aliphatic carbocycles. The molecule has 27 heavy (non-hydrogen) atoms. The van der Waals surface area contributed by atoms with Crippen LogP contribution >= 0.6 is 0 Å². The lowest BCUT2D eigenvalue weighted by molar-refractivity contribution is 0.00143. The summed E-state index contributed by atoms with van der Waals surface area (Å²) >= 11 is 0. The molecule has 0 bridgehead atoms. The van der Waals surface area contributed by atoms with Gasteiger partial charge in [-0.25, -0.2) is 4.79 Å². The van der Waals surface area contributed by atoms with Gasteiger partial charge in [-0.15, -0.1) is 0 Å². The molecule has 2 aromatic rings. The third-order valence-electron chi connectivity index (χ3n) is 3.88. The van der Waals surface area contributed by atoms with Gasteiger partial charge in [-0.05, 0) is 44.0 Å². The maximum absolute atomic E-state index is 12.2. The summed E-state index contributed by atoms with van der Waals surface area (Å²) < 4.78 is 5.54. The van der Waals surface area contributed by atoms with Gasteiger partial charge in [0.1, 0.15) is 12.2 Å². The van der Waals surface area contributed by atoms with Crippen LogP contribution in [0.2, 0.25) is 0 Å². The Hall–Kier alpha value is -2.44. The third kappa shape index (κ3) is 8.19. The fraction of sp³-hybridized carbons (Fsp3) is 0.429. The van der Waals surface area contributed by atoms with Crippen LogP contribution in [-0.4, -0.2) is 40.5 Å². The maximum Gasteiger partial charge on any atom is 0.407 e. The zero-order valence-electron chi connectivity index (χ0n) is 16.2. The predicted octanol–water partition coefficient (Wildman–Crippen LogP) is 2.67. The molecule has 2 atom stereocenters. The second-order valence-corrected chi connectivity index (χ2v) is 7.56.